The number of hydrogen-bond acceptors (Lipinski definition) is 4. The van der Waals surface area contributed by atoms with Gasteiger partial charge in [-0.3, -0.25) is 9.47 Å². The molecule has 152 valence electrons. The largest absolute Gasteiger partial charge is 0.323 e. The number of rotatable bonds is 6. The van der Waals surface area contributed by atoms with E-state index in [2.05, 4.69) is 15.5 Å². The summed E-state index contributed by atoms with van der Waals surface area (Å²) in [4.78, 5) is 12.3. The average molecular weight is 446 g/mol. The Balaban J connectivity index is 1.55. The van der Waals surface area contributed by atoms with Crippen molar-refractivity contribution < 1.29 is 13.6 Å². The molecule has 4 aromatic rings. The van der Waals surface area contributed by atoms with Gasteiger partial charge in [-0.1, -0.05) is 23.4 Å². The predicted molar refractivity (Wildman–Crippen MR) is 111 cm³/mol. The van der Waals surface area contributed by atoms with Gasteiger partial charge in [-0.05, 0) is 48.5 Å². The van der Waals surface area contributed by atoms with Gasteiger partial charge in [0.2, 0.25) is 11.1 Å². The highest BCUT2D eigenvalue weighted by molar-refractivity contribution is 7.99. The molecule has 6 nitrogen and oxygen atoms in total. The molecule has 2 aromatic carbocycles. The molecule has 10 heteroatoms. The summed E-state index contributed by atoms with van der Waals surface area (Å²) in [6, 6.07) is 13.8. The van der Waals surface area contributed by atoms with Crippen LogP contribution in [0.4, 0.5) is 14.5 Å². The molecule has 1 amide bonds. The lowest BCUT2D eigenvalue weighted by Gasteiger charge is -2.11. The SMILES string of the molecule is O=C(CSc1nnc(-c2ccc(Cl)cc2)n1-n1cccc1)Nc1ccc(F)cc1F. The molecular formula is C20H14ClF2N5OS. The average Bonchev–Trinajstić information content (AvgIpc) is 3.38. The minimum Gasteiger partial charge on any atom is -0.323 e. The Morgan fingerprint density at radius 1 is 1.07 bits per heavy atom. The van der Waals surface area contributed by atoms with Crippen LogP contribution >= 0.6 is 23.4 Å². The molecular weight excluding hydrogens is 432 g/mol. The fraction of sp³-hybridized carbons (Fsp3) is 0.0500. The van der Waals surface area contributed by atoms with Crippen LogP contribution in [0.1, 0.15) is 0 Å². The Morgan fingerprint density at radius 2 is 1.80 bits per heavy atom. The summed E-state index contributed by atoms with van der Waals surface area (Å²) in [5, 5.41) is 11.9. The molecule has 2 heterocycles. The lowest BCUT2D eigenvalue weighted by molar-refractivity contribution is -0.113. The molecule has 0 aliphatic carbocycles. The molecule has 0 saturated carbocycles. The molecule has 30 heavy (non-hydrogen) atoms. The van der Waals surface area contributed by atoms with Crippen molar-refractivity contribution in [3.05, 3.63) is 83.6 Å². The van der Waals surface area contributed by atoms with E-state index in [0.29, 0.717) is 22.1 Å². The molecule has 0 atom stereocenters. The summed E-state index contributed by atoms with van der Waals surface area (Å²) in [5.74, 6) is -1.49. The van der Waals surface area contributed by atoms with Gasteiger partial charge in [-0.25, -0.2) is 13.5 Å². The summed E-state index contributed by atoms with van der Waals surface area (Å²) in [6.07, 6.45) is 3.64. The molecule has 0 aliphatic heterocycles. The second kappa shape index (κ2) is 8.68. The van der Waals surface area contributed by atoms with E-state index in [4.69, 9.17) is 11.6 Å². The van der Waals surface area contributed by atoms with Gasteiger partial charge in [0.25, 0.3) is 0 Å². The minimum atomic E-state index is -0.839. The van der Waals surface area contributed by atoms with Gasteiger partial charge >= 0.3 is 0 Å². The van der Waals surface area contributed by atoms with Crippen LogP contribution in [0.25, 0.3) is 11.4 Å². The maximum atomic E-state index is 13.7. The number of halogens is 3. The van der Waals surface area contributed by atoms with Crippen molar-refractivity contribution in [3.63, 3.8) is 0 Å². The highest BCUT2D eigenvalue weighted by Gasteiger charge is 2.17. The number of anilines is 1. The second-order valence-electron chi connectivity index (χ2n) is 6.15. The van der Waals surface area contributed by atoms with Crippen LogP contribution in [0.3, 0.4) is 0 Å². The van der Waals surface area contributed by atoms with E-state index >= 15 is 0 Å². The maximum absolute atomic E-state index is 13.7. The molecule has 0 unspecified atom stereocenters. The Bertz CT molecular complexity index is 1180. The molecule has 1 N–H and O–H groups in total. The van der Waals surface area contributed by atoms with E-state index in [1.54, 1.807) is 21.5 Å². The van der Waals surface area contributed by atoms with Gasteiger partial charge in [-0.2, -0.15) is 0 Å². The van der Waals surface area contributed by atoms with Crippen LogP contribution in [0.15, 0.2) is 72.1 Å². The van der Waals surface area contributed by atoms with Crippen LogP contribution in [0, 0.1) is 11.6 Å². The zero-order chi connectivity index (χ0) is 21.1. The first kappa shape index (κ1) is 20.1. The first-order valence-electron chi connectivity index (χ1n) is 8.74. The first-order valence-corrected chi connectivity index (χ1v) is 10.1. The van der Waals surface area contributed by atoms with Crippen molar-refractivity contribution in [3.8, 4) is 11.4 Å². The van der Waals surface area contributed by atoms with E-state index < -0.39 is 17.5 Å². The number of aromatic nitrogens is 4. The third-order valence-electron chi connectivity index (χ3n) is 4.07. The van der Waals surface area contributed by atoms with Crippen molar-refractivity contribution in [1.82, 2.24) is 19.5 Å². The number of benzene rings is 2. The van der Waals surface area contributed by atoms with Crippen molar-refractivity contribution in [2.75, 3.05) is 11.1 Å². The topological polar surface area (TPSA) is 64.7 Å². The summed E-state index contributed by atoms with van der Waals surface area (Å²) in [6.45, 7) is 0. The highest BCUT2D eigenvalue weighted by Crippen LogP contribution is 2.26. The molecule has 0 radical (unpaired) electrons. The van der Waals surface area contributed by atoms with Gasteiger partial charge < -0.3 is 5.32 Å². The first-order chi connectivity index (χ1) is 14.5. The van der Waals surface area contributed by atoms with E-state index in [1.165, 1.54) is 6.07 Å². The zero-order valence-electron chi connectivity index (χ0n) is 15.3. The van der Waals surface area contributed by atoms with Crippen LogP contribution in [0.2, 0.25) is 5.02 Å². The molecule has 4 rings (SSSR count). The third kappa shape index (κ3) is 4.37. The Hall–Kier alpha value is -3.17. The summed E-state index contributed by atoms with van der Waals surface area (Å²) in [5.41, 5.74) is 0.709. The quantitative estimate of drug-likeness (QED) is 0.436. The monoisotopic (exact) mass is 445 g/mol. The zero-order valence-corrected chi connectivity index (χ0v) is 16.9. The van der Waals surface area contributed by atoms with E-state index in [-0.39, 0.29) is 11.4 Å². The number of hydrogen-bond donors (Lipinski definition) is 1. The number of thioether (sulfide) groups is 1. The Morgan fingerprint density at radius 3 is 2.50 bits per heavy atom. The standard InChI is InChI=1S/C20H14ClF2N5OS/c21-14-5-3-13(4-6-14)19-25-26-20(28(19)27-9-1-2-10-27)30-12-18(29)24-17-8-7-15(22)11-16(17)23/h1-11H,12H2,(H,24,29). The normalized spacial score (nSPS) is 10.9. The Labute approximate surface area is 179 Å². The molecule has 0 aliphatic rings. The van der Waals surface area contributed by atoms with Gasteiger partial charge in [0.05, 0.1) is 11.4 Å². The number of carbonyl (C=O) groups is 1. The van der Waals surface area contributed by atoms with Crippen molar-refractivity contribution in [2.45, 2.75) is 5.16 Å². The van der Waals surface area contributed by atoms with Gasteiger partial charge in [0.15, 0.2) is 5.82 Å². The molecule has 0 spiro atoms. The van der Waals surface area contributed by atoms with Gasteiger partial charge in [-0.15, -0.1) is 10.2 Å². The lowest BCUT2D eigenvalue weighted by Crippen LogP contribution is -2.16. The van der Waals surface area contributed by atoms with E-state index in [1.807, 2.05) is 36.7 Å². The smallest absolute Gasteiger partial charge is 0.234 e. The number of nitrogens with zero attached hydrogens (tertiary/aromatic N) is 4. The fourth-order valence-electron chi connectivity index (χ4n) is 2.71. The van der Waals surface area contributed by atoms with Crippen LogP contribution in [-0.2, 0) is 4.79 Å². The summed E-state index contributed by atoms with van der Waals surface area (Å²) >= 11 is 7.10. The van der Waals surface area contributed by atoms with Crippen molar-refractivity contribution in [2.24, 2.45) is 0 Å². The van der Waals surface area contributed by atoms with E-state index in [9.17, 15) is 13.6 Å². The van der Waals surface area contributed by atoms with Crippen LogP contribution < -0.4 is 5.32 Å². The van der Waals surface area contributed by atoms with Crippen LogP contribution in [0.5, 0.6) is 0 Å². The maximum Gasteiger partial charge on any atom is 0.234 e. The molecule has 2 aromatic heterocycles. The van der Waals surface area contributed by atoms with Crippen molar-refractivity contribution in [1.29, 1.82) is 0 Å². The van der Waals surface area contributed by atoms with Crippen molar-refractivity contribution >= 4 is 35.0 Å². The lowest BCUT2D eigenvalue weighted by atomic mass is 10.2. The summed E-state index contributed by atoms with van der Waals surface area (Å²) < 4.78 is 30.3. The number of amides is 1. The second-order valence-corrected chi connectivity index (χ2v) is 7.53. The van der Waals surface area contributed by atoms with Crippen LogP contribution in [-0.4, -0.2) is 31.2 Å². The predicted octanol–water partition coefficient (Wildman–Crippen LogP) is 4.72. The minimum absolute atomic E-state index is 0.0448. The fourth-order valence-corrected chi connectivity index (χ4v) is 3.57. The third-order valence-corrected chi connectivity index (χ3v) is 5.24. The summed E-state index contributed by atoms with van der Waals surface area (Å²) in [7, 11) is 0. The molecule has 0 bridgehead atoms. The van der Waals surface area contributed by atoms with E-state index in [0.717, 1.165) is 23.4 Å². The highest BCUT2D eigenvalue weighted by atomic mass is 35.5. The van der Waals surface area contributed by atoms with Gasteiger partial charge in [0, 0.05) is 29.0 Å². The molecule has 0 fully saturated rings. The van der Waals surface area contributed by atoms with Gasteiger partial charge in [0.1, 0.15) is 11.6 Å². The molecule has 0 saturated heterocycles. The number of nitrogens with one attached hydrogen (secondary N) is 1. The number of carbonyl (C=O) groups excluding carboxylic acids is 1. The Kier molecular flexibility index (Phi) is 5.82.